The molecule has 0 amide bonds. The van der Waals surface area contributed by atoms with E-state index in [-0.39, 0.29) is 6.04 Å². The molecule has 0 aromatic carbocycles. The van der Waals surface area contributed by atoms with Crippen molar-refractivity contribution in [1.82, 2.24) is 0 Å². The molecule has 0 saturated heterocycles. The van der Waals surface area contributed by atoms with Gasteiger partial charge in [-0.15, -0.1) is 11.3 Å². The van der Waals surface area contributed by atoms with Crippen molar-refractivity contribution < 1.29 is 0 Å². The molecule has 0 aliphatic rings. The summed E-state index contributed by atoms with van der Waals surface area (Å²) in [7, 11) is 0. The molecule has 3 heteroatoms. The number of aryl methyl sites for hydroxylation is 1. The summed E-state index contributed by atoms with van der Waals surface area (Å²) >= 11 is 3.68. The minimum absolute atomic E-state index is 0.285. The van der Waals surface area contributed by atoms with Crippen molar-refractivity contribution in [3.05, 3.63) is 21.9 Å². The summed E-state index contributed by atoms with van der Waals surface area (Å²) in [5, 5.41) is 2.63. The van der Waals surface area contributed by atoms with Gasteiger partial charge < -0.3 is 5.73 Å². The summed E-state index contributed by atoms with van der Waals surface area (Å²) in [5.74, 6) is 0. The Morgan fingerprint density at radius 2 is 2.31 bits per heavy atom. The van der Waals surface area contributed by atoms with Crippen molar-refractivity contribution in [2.75, 3.05) is 6.26 Å². The second-order valence-electron chi connectivity index (χ2n) is 3.20. The highest BCUT2D eigenvalue weighted by Crippen LogP contribution is 2.35. The maximum Gasteiger partial charge on any atom is 0.0541 e. The van der Waals surface area contributed by atoms with Crippen LogP contribution in [-0.2, 0) is 0 Å². The Kier molecular flexibility index (Phi) is 4.29. The van der Waals surface area contributed by atoms with Crippen molar-refractivity contribution in [1.29, 1.82) is 0 Å². The molecular weight excluding hydrogens is 198 g/mol. The average molecular weight is 215 g/mol. The van der Waals surface area contributed by atoms with Crippen LogP contribution in [0.2, 0.25) is 0 Å². The quantitative estimate of drug-likeness (QED) is 0.834. The van der Waals surface area contributed by atoms with Crippen molar-refractivity contribution in [3.63, 3.8) is 0 Å². The van der Waals surface area contributed by atoms with Gasteiger partial charge in [0.2, 0.25) is 0 Å². The molecule has 0 aliphatic heterocycles. The number of hydrogen-bond donors (Lipinski definition) is 1. The molecule has 0 bridgehead atoms. The lowest BCUT2D eigenvalue weighted by atomic mass is 10.1. The number of thioether (sulfide) groups is 1. The Morgan fingerprint density at radius 3 is 2.69 bits per heavy atom. The molecule has 1 heterocycles. The number of nitrogens with two attached hydrogens (primary N) is 1. The van der Waals surface area contributed by atoms with Gasteiger partial charge in [0.1, 0.15) is 0 Å². The molecule has 2 N–H and O–H groups in total. The molecule has 0 radical (unpaired) electrons. The van der Waals surface area contributed by atoms with E-state index in [1.165, 1.54) is 10.4 Å². The van der Waals surface area contributed by atoms with Crippen LogP contribution >= 0.6 is 23.1 Å². The first-order valence-electron chi connectivity index (χ1n) is 4.53. The Morgan fingerprint density at radius 1 is 1.62 bits per heavy atom. The normalized spacial score (nSPS) is 15.7. The number of thiophene rings is 1. The predicted molar refractivity (Wildman–Crippen MR) is 63.6 cm³/mol. The van der Waals surface area contributed by atoms with Crippen LogP contribution in [0.3, 0.4) is 0 Å². The molecule has 2 atom stereocenters. The van der Waals surface area contributed by atoms with Crippen LogP contribution in [-0.4, -0.2) is 12.3 Å². The Labute approximate surface area is 88.7 Å². The second-order valence-corrected chi connectivity index (χ2v) is 5.12. The molecule has 1 nitrogen and oxygen atoms in total. The largest absolute Gasteiger partial charge is 0.326 e. The minimum atomic E-state index is 0.285. The standard InChI is InChI=1S/C10H17NS2/c1-4-8(11)10(12-3)9-7(2)5-6-13-9/h5-6,8,10H,4,11H2,1-3H3. The predicted octanol–water partition coefficient (Wildman–Crippen LogP) is 3.20. The lowest BCUT2D eigenvalue weighted by Crippen LogP contribution is -2.25. The van der Waals surface area contributed by atoms with Gasteiger partial charge in [0.25, 0.3) is 0 Å². The van der Waals surface area contributed by atoms with Crippen molar-refractivity contribution in [3.8, 4) is 0 Å². The van der Waals surface area contributed by atoms with Gasteiger partial charge in [0.15, 0.2) is 0 Å². The molecule has 0 aliphatic carbocycles. The topological polar surface area (TPSA) is 26.0 Å². The summed E-state index contributed by atoms with van der Waals surface area (Å²) in [6.07, 6.45) is 3.18. The maximum absolute atomic E-state index is 6.07. The van der Waals surface area contributed by atoms with Gasteiger partial charge in [0, 0.05) is 10.9 Å². The third-order valence-electron chi connectivity index (χ3n) is 2.27. The zero-order chi connectivity index (χ0) is 9.84. The molecule has 1 rings (SSSR count). The summed E-state index contributed by atoms with van der Waals surface area (Å²) in [4.78, 5) is 1.45. The zero-order valence-electron chi connectivity index (χ0n) is 8.41. The Hall–Kier alpha value is 0.0100. The molecule has 0 fully saturated rings. The lowest BCUT2D eigenvalue weighted by Gasteiger charge is -2.20. The fourth-order valence-electron chi connectivity index (χ4n) is 1.37. The van der Waals surface area contributed by atoms with Gasteiger partial charge in [-0.3, -0.25) is 0 Å². The smallest absolute Gasteiger partial charge is 0.0541 e. The van der Waals surface area contributed by atoms with Crippen LogP contribution in [0.25, 0.3) is 0 Å². The molecule has 2 unspecified atom stereocenters. The van der Waals surface area contributed by atoms with E-state index in [4.69, 9.17) is 5.73 Å². The molecule has 74 valence electrons. The first-order chi connectivity index (χ1) is 6.20. The van der Waals surface area contributed by atoms with E-state index >= 15 is 0 Å². The van der Waals surface area contributed by atoms with Crippen molar-refractivity contribution >= 4 is 23.1 Å². The maximum atomic E-state index is 6.07. The number of hydrogen-bond acceptors (Lipinski definition) is 3. The van der Waals surface area contributed by atoms with Gasteiger partial charge in [-0.2, -0.15) is 11.8 Å². The highest BCUT2D eigenvalue weighted by atomic mass is 32.2. The molecule has 1 aromatic heterocycles. The van der Waals surface area contributed by atoms with Crippen LogP contribution in [0.5, 0.6) is 0 Å². The van der Waals surface area contributed by atoms with E-state index in [0.717, 1.165) is 6.42 Å². The van der Waals surface area contributed by atoms with Crippen LogP contribution in [0.15, 0.2) is 11.4 Å². The fourth-order valence-corrected chi connectivity index (χ4v) is 3.75. The summed E-state index contributed by atoms with van der Waals surface area (Å²) in [6, 6.07) is 2.46. The summed E-state index contributed by atoms with van der Waals surface area (Å²) in [5.41, 5.74) is 7.46. The monoisotopic (exact) mass is 215 g/mol. The molecule has 13 heavy (non-hydrogen) atoms. The van der Waals surface area contributed by atoms with Crippen LogP contribution in [0, 0.1) is 6.92 Å². The Balaban J connectivity index is 2.84. The third kappa shape index (κ3) is 2.48. The third-order valence-corrected chi connectivity index (χ3v) is 4.62. The zero-order valence-corrected chi connectivity index (χ0v) is 10.0. The second kappa shape index (κ2) is 5.03. The van der Waals surface area contributed by atoms with Crippen molar-refractivity contribution in [2.24, 2.45) is 5.73 Å². The van der Waals surface area contributed by atoms with Gasteiger partial charge in [-0.1, -0.05) is 6.92 Å². The van der Waals surface area contributed by atoms with Gasteiger partial charge in [-0.05, 0) is 36.6 Å². The average Bonchev–Trinajstić information content (AvgIpc) is 2.53. The molecule has 1 aromatic rings. The molecular formula is C10H17NS2. The van der Waals surface area contributed by atoms with E-state index in [1.807, 2.05) is 23.1 Å². The van der Waals surface area contributed by atoms with Gasteiger partial charge >= 0.3 is 0 Å². The van der Waals surface area contributed by atoms with Crippen LogP contribution in [0.4, 0.5) is 0 Å². The fraction of sp³-hybridized carbons (Fsp3) is 0.600. The minimum Gasteiger partial charge on any atom is -0.326 e. The Bertz CT molecular complexity index is 257. The molecule has 0 saturated carbocycles. The van der Waals surface area contributed by atoms with E-state index in [0.29, 0.717) is 5.25 Å². The van der Waals surface area contributed by atoms with Gasteiger partial charge in [-0.25, -0.2) is 0 Å². The van der Waals surface area contributed by atoms with E-state index < -0.39 is 0 Å². The summed E-state index contributed by atoms with van der Waals surface area (Å²) < 4.78 is 0. The van der Waals surface area contributed by atoms with Crippen molar-refractivity contribution in [2.45, 2.75) is 31.6 Å². The number of rotatable bonds is 4. The first kappa shape index (κ1) is 11.1. The lowest BCUT2D eigenvalue weighted by molar-refractivity contribution is 0.639. The van der Waals surface area contributed by atoms with Gasteiger partial charge in [0.05, 0.1) is 5.25 Å². The SMILES string of the molecule is CCC(N)C(SC)c1sccc1C. The van der Waals surface area contributed by atoms with Crippen LogP contribution in [0.1, 0.15) is 29.0 Å². The summed E-state index contributed by atoms with van der Waals surface area (Å²) in [6.45, 7) is 4.31. The van der Waals surface area contributed by atoms with E-state index in [9.17, 15) is 0 Å². The first-order valence-corrected chi connectivity index (χ1v) is 6.69. The molecule has 0 spiro atoms. The van der Waals surface area contributed by atoms with Crippen LogP contribution < -0.4 is 5.73 Å². The van der Waals surface area contributed by atoms with E-state index in [2.05, 4.69) is 31.5 Å². The van der Waals surface area contributed by atoms with E-state index in [1.54, 1.807) is 0 Å². The highest BCUT2D eigenvalue weighted by Gasteiger charge is 2.19. The highest BCUT2D eigenvalue weighted by molar-refractivity contribution is 7.99.